The average molecular weight is 425 g/mol. The van der Waals surface area contributed by atoms with Gasteiger partial charge in [-0.05, 0) is 56.2 Å². The molecule has 0 saturated carbocycles. The Kier molecular flexibility index (Phi) is 5.42. The number of carbonyl (C=O) groups is 1. The van der Waals surface area contributed by atoms with Crippen molar-refractivity contribution >= 4 is 38.6 Å². The van der Waals surface area contributed by atoms with E-state index < -0.39 is 10.0 Å². The molecule has 0 unspecified atom stereocenters. The smallest absolute Gasteiger partial charge is 0.252 e. The van der Waals surface area contributed by atoms with Crippen LogP contribution < -0.4 is 0 Å². The lowest BCUT2D eigenvalue weighted by Gasteiger charge is -2.34. The van der Waals surface area contributed by atoms with Crippen molar-refractivity contribution in [1.82, 2.24) is 9.21 Å². The summed E-state index contributed by atoms with van der Waals surface area (Å²) in [6.45, 7) is 3.47. The standard InChI is InChI=1S/C19H24N2O3S3/c1-14-8-9-18(26-14)27(23,24)20-10-2-5-15(13-20)19(22)21-11-3-6-16(21)17-7-4-12-25-17/h4,7-9,12,15-16H,2-3,5-6,10-11,13H2,1H3/t15-,16+/m1/s1. The highest BCUT2D eigenvalue weighted by molar-refractivity contribution is 7.91. The van der Waals surface area contributed by atoms with Gasteiger partial charge in [0.25, 0.3) is 10.0 Å². The van der Waals surface area contributed by atoms with E-state index >= 15 is 0 Å². The van der Waals surface area contributed by atoms with Crippen LogP contribution in [0.25, 0.3) is 0 Å². The predicted molar refractivity (Wildman–Crippen MR) is 109 cm³/mol. The second-order valence-corrected chi connectivity index (χ2v) is 11.7. The van der Waals surface area contributed by atoms with E-state index in [4.69, 9.17) is 0 Å². The highest BCUT2D eigenvalue weighted by atomic mass is 32.2. The van der Waals surface area contributed by atoms with Gasteiger partial charge in [-0.25, -0.2) is 8.42 Å². The van der Waals surface area contributed by atoms with E-state index in [-0.39, 0.29) is 17.9 Å². The molecule has 8 heteroatoms. The normalized spacial score (nSPS) is 24.4. The van der Waals surface area contributed by atoms with Crippen LogP contribution in [0.4, 0.5) is 0 Å². The van der Waals surface area contributed by atoms with Gasteiger partial charge in [-0.2, -0.15) is 4.31 Å². The quantitative estimate of drug-likeness (QED) is 0.748. The van der Waals surface area contributed by atoms with E-state index in [1.54, 1.807) is 17.4 Å². The lowest BCUT2D eigenvalue weighted by atomic mass is 9.97. The van der Waals surface area contributed by atoms with Crippen LogP contribution in [0.2, 0.25) is 0 Å². The molecule has 2 aliphatic heterocycles. The van der Waals surface area contributed by atoms with Gasteiger partial charge >= 0.3 is 0 Å². The third kappa shape index (κ3) is 3.72. The van der Waals surface area contributed by atoms with Gasteiger partial charge in [-0.3, -0.25) is 4.79 Å². The summed E-state index contributed by atoms with van der Waals surface area (Å²) >= 11 is 2.99. The zero-order valence-electron chi connectivity index (χ0n) is 15.3. The number of sulfonamides is 1. The second-order valence-electron chi connectivity index (χ2n) is 7.27. The van der Waals surface area contributed by atoms with Crippen LogP contribution in [0, 0.1) is 12.8 Å². The first-order chi connectivity index (χ1) is 13.0. The first-order valence-corrected chi connectivity index (χ1v) is 12.5. The Balaban J connectivity index is 1.50. The van der Waals surface area contributed by atoms with Gasteiger partial charge in [0.1, 0.15) is 4.21 Å². The summed E-state index contributed by atoms with van der Waals surface area (Å²) in [4.78, 5) is 17.4. The molecule has 2 fully saturated rings. The maximum Gasteiger partial charge on any atom is 0.252 e. The Morgan fingerprint density at radius 3 is 2.67 bits per heavy atom. The third-order valence-electron chi connectivity index (χ3n) is 5.45. The number of aryl methyl sites for hydroxylation is 1. The largest absolute Gasteiger partial charge is 0.335 e. The summed E-state index contributed by atoms with van der Waals surface area (Å²) < 4.78 is 27.8. The van der Waals surface area contributed by atoms with Crippen LogP contribution >= 0.6 is 22.7 Å². The van der Waals surface area contributed by atoms with E-state index in [0.29, 0.717) is 17.3 Å². The van der Waals surface area contributed by atoms with Gasteiger partial charge in [-0.1, -0.05) is 6.07 Å². The topological polar surface area (TPSA) is 57.7 Å². The average Bonchev–Trinajstić information content (AvgIpc) is 3.41. The molecule has 0 bridgehead atoms. The predicted octanol–water partition coefficient (Wildman–Crippen LogP) is 3.88. The van der Waals surface area contributed by atoms with E-state index in [0.717, 1.165) is 37.1 Å². The molecule has 146 valence electrons. The Morgan fingerprint density at radius 1 is 1.15 bits per heavy atom. The van der Waals surface area contributed by atoms with Crippen molar-refractivity contribution in [3.05, 3.63) is 39.4 Å². The molecule has 0 N–H and O–H groups in total. The summed E-state index contributed by atoms with van der Waals surface area (Å²) in [5.74, 6) is -0.122. The summed E-state index contributed by atoms with van der Waals surface area (Å²) in [5, 5.41) is 2.05. The van der Waals surface area contributed by atoms with E-state index in [1.807, 2.05) is 29.3 Å². The van der Waals surface area contributed by atoms with Crippen LogP contribution in [0.3, 0.4) is 0 Å². The third-order valence-corrected chi connectivity index (χ3v) is 9.76. The van der Waals surface area contributed by atoms with Gasteiger partial charge in [-0.15, -0.1) is 22.7 Å². The summed E-state index contributed by atoms with van der Waals surface area (Å²) in [6, 6.07) is 7.79. The fraction of sp³-hybridized carbons (Fsp3) is 0.526. The molecule has 0 aliphatic carbocycles. The van der Waals surface area contributed by atoms with Crippen LogP contribution in [-0.4, -0.2) is 43.2 Å². The zero-order chi connectivity index (χ0) is 19.0. The molecular weight excluding hydrogens is 400 g/mol. The van der Waals surface area contributed by atoms with Crippen LogP contribution in [-0.2, 0) is 14.8 Å². The van der Waals surface area contributed by atoms with Crippen molar-refractivity contribution in [2.24, 2.45) is 5.92 Å². The molecule has 4 heterocycles. The van der Waals surface area contributed by atoms with E-state index in [9.17, 15) is 13.2 Å². The SMILES string of the molecule is Cc1ccc(S(=O)(=O)N2CCC[C@@H](C(=O)N3CCC[C@H]3c3cccs3)C2)s1. The number of piperidine rings is 1. The number of likely N-dealkylation sites (tertiary alicyclic amines) is 1. The van der Waals surface area contributed by atoms with Gasteiger partial charge in [0.15, 0.2) is 0 Å². The van der Waals surface area contributed by atoms with E-state index in [2.05, 4.69) is 6.07 Å². The summed E-state index contributed by atoms with van der Waals surface area (Å²) in [6.07, 6.45) is 3.51. The fourth-order valence-electron chi connectivity index (χ4n) is 4.08. The molecule has 27 heavy (non-hydrogen) atoms. The summed E-state index contributed by atoms with van der Waals surface area (Å²) in [7, 11) is -3.50. The fourth-order valence-corrected chi connectivity index (χ4v) is 7.92. The van der Waals surface area contributed by atoms with Gasteiger partial charge in [0.2, 0.25) is 5.91 Å². The van der Waals surface area contributed by atoms with Crippen molar-refractivity contribution in [2.45, 2.75) is 42.9 Å². The number of thiophene rings is 2. The first kappa shape index (κ1) is 19.1. The monoisotopic (exact) mass is 424 g/mol. The number of carbonyl (C=O) groups excluding carboxylic acids is 1. The van der Waals surface area contributed by atoms with Crippen molar-refractivity contribution in [3.8, 4) is 0 Å². The number of rotatable bonds is 4. The van der Waals surface area contributed by atoms with Gasteiger partial charge in [0, 0.05) is 29.4 Å². The van der Waals surface area contributed by atoms with Crippen LogP contribution in [0.15, 0.2) is 33.9 Å². The molecule has 1 amide bonds. The van der Waals surface area contributed by atoms with Crippen molar-refractivity contribution in [1.29, 1.82) is 0 Å². The minimum absolute atomic E-state index is 0.119. The molecule has 4 rings (SSSR count). The van der Waals surface area contributed by atoms with Crippen molar-refractivity contribution in [3.63, 3.8) is 0 Å². The highest BCUT2D eigenvalue weighted by Gasteiger charge is 2.39. The molecule has 0 spiro atoms. The Morgan fingerprint density at radius 2 is 1.96 bits per heavy atom. The number of hydrogen-bond donors (Lipinski definition) is 0. The van der Waals surface area contributed by atoms with Crippen molar-refractivity contribution in [2.75, 3.05) is 19.6 Å². The molecule has 5 nitrogen and oxygen atoms in total. The maximum absolute atomic E-state index is 13.2. The number of nitrogens with zero attached hydrogens (tertiary/aromatic N) is 2. The first-order valence-electron chi connectivity index (χ1n) is 9.37. The Hall–Kier alpha value is -1.22. The zero-order valence-corrected chi connectivity index (χ0v) is 17.8. The number of hydrogen-bond acceptors (Lipinski definition) is 5. The lowest BCUT2D eigenvalue weighted by molar-refractivity contribution is -0.137. The number of amides is 1. The maximum atomic E-state index is 13.2. The molecule has 0 radical (unpaired) electrons. The molecule has 2 saturated heterocycles. The molecule has 2 aliphatic rings. The molecule has 2 atom stereocenters. The van der Waals surface area contributed by atoms with Crippen LogP contribution in [0.1, 0.15) is 41.5 Å². The second kappa shape index (κ2) is 7.66. The Bertz CT molecular complexity index is 905. The van der Waals surface area contributed by atoms with Gasteiger partial charge in [0.05, 0.1) is 12.0 Å². The molecular formula is C19H24N2O3S3. The summed E-state index contributed by atoms with van der Waals surface area (Å²) in [5.41, 5.74) is 0. The van der Waals surface area contributed by atoms with Crippen LogP contribution in [0.5, 0.6) is 0 Å². The van der Waals surface area contributed by atoms with Gasteiger partial charge < -0.3 is 4.90 Å². The molecule has 2 aromatic rings. The van der Waals surface area contributed by atoms with Crippen molar-refractivity contribution < 1.29 is 13.2 Å². The lowest BCUT2D eigenvalue weighted by Crippen LogP contribution is -2.46. The van der Waals surface area contributed by atoms with E-state index in [1.165, 1.54) is 20.5 Å². The molecule has 2 aromatic heterocycles. The minimum atomic E-state index is -3.50. The molecule has 0 aromatic carbocycles. The minimum Gasteiger partial charge on any atom is -0.335 e. The highest BCUT2D eigenvalue weighted by Crippen LogP contribution is 2.37. The Labute approximate surface area is 168 Å².